The third-order valence-corrected chi connectivity index (χ3v) is 4.19. The fourth-order valence-corrected chi connectivity index (χ4v) is 3.24. The predicted octanol–water partition coefficient (Wildman–Crippen LogP) is 1.33. The third kappa shape index (κ3) is 2.18. The maximum atomic E-state index is 11.6. The second kappa shape index (κ2) is 4.90. The van der Waals surface area contributed by atoms with E-state index in [0.29, 0.717) is 11.4 Å². The van der Waals surface area contributed by atoms with Crippen molar-refractivity contribution >= 4 is 11.0 Å². The van der Waals surface area contributed by atoms with Crippen LogP contribution in [0.25, 0.3) is 11.0 Å². The molecule has 1 fully saturated rings. The zero-order valence-electron chi connectivity index (χ0n) is 11.8. The van der Waals surface area contributed by atoms with Crippen molar-refractivity contribution < 1.29 is 0 Å². The standard InChI is InChI=1S/C15H19N3O2/c1-9-5-6-11-13(17-15(20)14(19)16-11)12(9)10-4-3-7-18(2)8-10/h5-6,10H,3-4,7-8H2,1-2H3,(H,16,19)(H,17,20). The quantitative estimate of drug-likeness (QED) is 0.770. The molecule has 1 aromatic carbocycles. The van der Waals surface area contributed by atoms with Crippen molar-refractivity contribution in [2.45, 2.75) is 25.7 Å². The zero-order valence-corrected chi connectivity index (χ0v) is 11.8. The number of fused-ring (bicyclic) bond motifs is 1. The SMILES string of the molecule is Cc1ccc2[nH]c(=O)c(=O)[nH]c2c1C1CCCN(C)C1. The molecule has 0 amide bonds. The minimum absolute atomic E-state index is 0.402. The number of benzene rings is 1. The molecule has 2 N–H and O–H groups in total. The lowest BCUT2D eigenvalue weighted by Gasteiger charge is -2.31. The van der Waals surface area contributed by atoms with Crippen LogP contribution in [0.3, 0.4) is 0 Å². The van der Waals surface area contributed by atoms with Crippen molar-refractivity contribution in [1.29, 1.82) is 0 Å². The fraction of sp³-hybridized carbons (Fsp3) is 0.467. The van der Waals surface area contributed by atoms with Crippen molar-refractivity contribution in [1.82, 2.24) is 14.9 Å². The van der Waals surface area contributed by atoms with E-state index in [9.17, 15) is 9.59 Å². The lowest BCUT2D eigenvalue weighted by molar-refractivity contribution is 0.251. The summed E-state index contributed by atoms with van der Waals surface area (Å²) in [5.41, 5.74) is 2.67. The van der Waals surface area contributed by atoms with E-state index < -0.39 is 11.1 Å². The van der Waals surface area contributed by atoms with Gasteiger partial charge in [-0.1, -0.05) is 6.07 Å². The van der Waals surface area contributed by atoms with E-state index in [-0.39, 0.29) is 0 Å². The monoisotopic (exact) mass is 273 g/mol. The Morgan fingerprint density at radius 2 is 1.95 bits per heavy atom. The molecule has 1 atom stereocenters. The molecule has 1 unspecified atom stereocenters. The van der Waals surface area contributed by atoms with Crippen LogP contribution in [-0.2, 0) is 0 Å². The van der Waals surface area contributed by atoms with Crippen LogP contribution in [-0.4, -0.2) is 35.0 Å². The van der Waals surface area contributed by atoms with E-state index in [1.807, 2.05) is 12.1 Å². The Kier molecular flexibility index (Phi) is 3.22. The van der Waals surface area contributed by atoms with Crippen LogP contribution in [0, 0.1) is 6.92 Å². The molecule has 1 saturated heterocycles. The third-order valence-electron chi connectivity index (χ3n) is 4.19. The molecule has 5 nitrogen and oxygen atoms in total. The molecule has 0 saturated carbocycles. The highest BCUT2D eigenvalue weighted by atomic mass is 16.2. The summed E-state index contributed by atoms with van der Waals surface area (Å²) in [5.74, 6) is 0.402. The van der Waals surface area contributed by atoms with Gasteiger partial charge in [-0.15, -0.1) is 0 Å². The van der Waals surface area contributed by atoms with E-state index in [1.54, 1.807) is 0 Å². The number of nitrogens with zero attached hydrogens (tertiary/aromatic N) is 1. The number of likely N-dealkylation sites (N-methyl/N-ethyl adjacent to an activating group) is 1. The van der Waals surface area contributed by atoms with E-state index in [2.05, 4.69) is 28.8 Å². The highest BCUT2D eigenvalue weighted by Crippen LogP contribution is 2.32. The van der Waals surface area contributed by atoms with E-state index in [4.69, 9.17) is 0 Å². The molecule has 3 rings (SSSR count). The average molecular weight is 273 g/mol. The van der Waals surface area contributed by atoms with Crippen LogP contribution >= 0.6 is 0 Å². The summed E-state index contributed by atoms with van der Waals surface area (Å²) in [6, 6.07) is 3.87. The minimum Gasteiger partial charge on any atom is -0.316 e. The zero-order chi connectivity index (χ0) is 14.3. The van der Waals surface area contributed by atoms with Crippen LogP contribution in [0.5, 0.6) is 0 Å². The van der Waals surface area contributed by atoms with E-state index >= 15 is 0 Å². The highest BCUT2D eigenvalue weighted by molar-refractivity contribution is 5.79. The maximum Gasteiger partial charge on any atom is 0.314 e. The molecule has 106 valence electrons. The smallest absolute Gasteiger partial charge is 0.314 e. The summed E-state index contributed by atoms with van der Waals surface area (Å²) < 4.78 is 0. The Hall–Kier alpha value is -1.88. The van der Waals surface area contributed by atoms with Crippen LogP contribution in [0.1, 0.15) is 29.9 Å². The Morgan fingerprint density at radius 3 is 2.70 bits per heavy atom. The molecular formula is C15H19N3O2. The van der Waals surface area contributed by atoms with Gasteiger partial charge in [-0.3, -0.25) is 9.59 Å². The molecule has 20 heavy (non-hydrogen) atoms. The number of H-pyrrole nitrogens is 2. The number of hydrogen-bond acceptors (Lipinski definition) is 3. The van der Waals surface area contributed by atoms with Crippen molar-refractivity contribution in [3.63, 3.8) is 0 Å². The van der Waals surface area contributed by atoms with Gasteiger partial charge in [0.15, 0.2) is 0 Å². The van der Waals surface area contributed by atoms with Crippen molar-refractivity contribution in [2.24, 2.45) is 0 Å². The summed E-state index contributed by atoms with van der Waals surface area (Å²) in [4.78, 5) is 30.8. The first kappa shape index (κ1) is 13.1. The Labute approximate surface area is 116 Å². The number of aromatic amines is 2. The average Bonchev–Trinajstić information content (AvgIpc) is 2.40. The molecule has 0 spiro atoms. The maximum absolute atomic E-state index is 11.6. The number of rotatable bonds is 1. The highest BCUT2D eigenvalue weighted by Gasteiger charge is 2.23. The Bertz CT molecular complexity index is 760. The van der Waals surface area contributed by atoms with Gasteiger partial charge in [0.2, 0.25) is 0 Å². The molecule has 1 aliphatic rings. The van der Waals surface area contributed by atoms with Gasteiger partial charge in [0.05, 0.1) is 11.0 Å². The second-order valence-corrected chi connectivity index (χ2v) is 5.73. The molecule has 2 aromatic rings. The predicted molar refractivity (Wildman–Crippen MR) is 79.4 cm³/mol. The molecule has 1 aliphatic heterocycles. The number of nitrogens with one attached hydrogen (secondary N) is 2. The summed E-state index contributed by atoms with van der Waals surface area (Å²) in [5, 5.41) is 0. The summed E-state index contributed by atoms with van der Waals surface area (Å²) in [6.45, 7) is 4.17. The molecule has 2 heterocycles. The molecule has 5 heteroatoms. The van der Waals surface area contributed by atoms with Gasteiger partial charge in [0.1, 0.15) is 0 Å². The topological polar surface area (TPSA) is 69.0 Å². The van der Waals surface area contributed by atoms with E-state index in [1.165, 1.54) is 11.1 Å². The number of aromatic nitrogens is 2. The summed E-state index contributed by atoms with van der Waals surface area (Å²) in [6.07, 6.45) is 2.27. The van der Waals surface area contributed by atoms with Crippen molar-refractivity contribution in [3.8, 4) is 0 Å². The summed E-state index contributed by atoms with van der Waals surface area (Å²) >= 11 is 0. The number of piperidine rings is 1. The largest absolute Gasteiger partial charge is 0.316 e. The minimum atomic E-state index is -0.590. The van der Waals surface area contributed by atoms with Crippen molar-refractivity contribution in [2.75, 3.05) is 20.1 Å². The molecule has 1 aromatic heterocycles. The van der Waals surface area contributed by atoms with Crippen LogP contribution in [0.15, 0.2) is 21.7 Å². The number of likely N-dealkylation sites (tertiary alicyclic amines) is 1. The van der Waals surface area contributed by atoms with Gasteiger partial charge in [0, 0.05) is 6.54 Å². The number of hydrogen-bond donors (Lipinski definition) is 2. The molecule has 0 aliphatic carbocycles. The second-order valence-electron chi connectivity index (χ2n) is 5.73. The van der Waals surface area contributed by atoms with Crippen molar-refractivity contribution in [3.05, 3.63) is 44.0 Å². The van der Waals surface area contributed by atoms with Crippen LogP contribution in [0.4, 0.5) is 0 Å². The lowest BCUT2D eigenvalue weighted by atomic mass is 9.87. The first-order valence-electron chi connectivity index (χ1n) is 7.00. The molecule has 0 bridgehead atoms. The van der Waals surface area contributed by atoms with Crippen LogP contribution in [0.2, 0.25) is 0 Å². The van der Waals surface area contributed by atoms with Gasteiger partial charge >= 0.3 is 11.1 Å². The fourth-order valence-electron chi connectivity index (χ4n) is 3.24. The normalized spacial score (nSPS) is 20.4. The molecule has 0 radical (unpaired) electrons. The first-order valence-corrected chi connectivity index (χ1v) is 7.00. The van der Waals surface area contributed by atoms with Gasteiger partial charge in [0.25, 0.3) is 0 Å². The Morgan fingerprint density at radius 1 is 1.20 bits per heavy atom. The van der Waals surface area contributed by atoms with E-state index in [0.717, 1.165) is 31.4 Å². The van der Waals surface area contributed by atoms with Crippen LogP contribution < -0.4 is 11.1 Å². The molecular weight excluding hydrogens is 254 g/mol. The Balaban J connectivity index is 2.22. The first-order chi connectivity index (χ1) is 9.56. The summed E-state index contributed by atoms with van der Waals surface area (Å²) in [7, 11) is 2.12. The lowest BCUT2D eigenvalue weighted by Crippen LogP contribution is -2.33. The van der Waals surface area contributed by atoms with Gasteiger partial charge in [-0.2, -0.15) is 0 Å². The van der Waals surface area contributed by atoms with Gasteiger partial charge in [-0.05, 0) is 56.5 Å². The van der Waals surface area contributed by atoms with Gasteiger partial charge < -0.3 is 14.9 Å². The van der Waals surface area contributed by atoms with Gasteiger partial charge in [-0.25, -0.2) is 0 Å². The number of aryl methyl sites for hydroxylation is 1.